The molecule has 3 aromatic rings. The molecule has 0 saturated carbocycles. The van der Waals surface area contributed by atoms with Crippen molar-refractivity contribution in [3.05, 3.63) is 59.9 Å². The third kappa shape index (κ3) is 4.66. The molecule has 0 aliphatic carbocycles. The summed E-state index contributed by atoms with van der Waals surface area (Å²) in [4.78, 5) is 12.6. The number of amides is 1. The van der Waals surface area contributed by atoms with Gasteiger partial charge in [0, 0.05) is 0 Å². The largest absolute Gasteiger partial charge is 0.497 e. The molecule has 0 radical (unpaired) electrons. The first kappa shape index (κ1) is 19.8. The van der Waals surface area contributed by atoms with E-state index in [4.69, 9.17) is 4.74 Å². The molecule has 0 saturated heterocycles. The van der Waals surface area contributed by atoms with Crippen LogP contribution < -0.4 is 10.1 Å². The Morgan fingerprint density at radius 2 is 1.82 bits per heavy atom. The predicted octanol–water partition coefficient (Wildman–Crippen LogP) is 3.17. The van der Waals surface area contributed by atoms with Gasteiger partial charge in [-0.15, -0.1) is 5.10 Å². The molecule has 7 nitrogen and oxygen atoms in total. The second kappa shape index (κ2) is 8.83. The van der Waals surface area contributed by atoms with Gasteiger partial charge < -0.3 is 10.1 Å². The first-order chi connectivity index (χ1) is 13.5. The van der Waals surface area contributed by atoms with Crippen LogP contribution in [0.25, 0.3) is 5.69 Å². The molecule has 1 aromatic heterocycles. The van der Waals surface area contributed by atoms with Crippen molar-refractivity contribution in [2.45, 2.75) is 30.3 Å². The molecule has 3 rings (SSSR count). The number of thioether (sulfide) groups is 1. The van der Waals surface area contributed by atoms with Crippen LogP contribution in [0.1, 0.15) is 25.5 Å². The van der Waals surface area contributed by atoms with Crippen molar-refractivity contribution in [2.24, 2.45) is 0 Å². The summed E-state index contributed by atoms with van der Waals surface area (Å²) < 4.78 is 19.8. The third-order valence-corrected chi connectivity index (χ3v) is 5.17. The standard InChI is InChI=1S/C19H20FN5O2S/c1-12(14-4-6-15(20)7-5-14)21-18(26)13(2)28-19-22-23-24-25(19)16-8-10-17(27-3)11-9-16/h4-13H,1-3H3,(H,21,26)/t12-,13+/m0/s1. The fourth-order valence-electron chi connectivity index (χ4n) is 2.52. The van der Waals surface area contributed by atoms with Crippen molar-refractivity contribution in [1.82, 2.24) is 25.5 Å². The maximum atomic E-state index is 13.1. The lowest BCUT2D eigenvalue weighted by Gasteiger charge is -2.17. The highest BCUT2D eigenvalue weighted by molar-refractivity contribution is 8.00. The number of halogens is 1. The minimum Gasteiger partial charge on any atom is -0.497 e. The summed E-state index contributed by atoms with van der Waals surface area (Å²) in [5.41, 5.74) is 1.59. The lowest BCUT2D eigenvalue weighted by Crippen LogP contribution is -2.33. The zero-order chi connectivity index (χ0) is 20.1. The van der Waals surface area contributed by atoms with Crippen LogP contribution >= 0.6 is 11.8 Å². The first-order valence-corrected chi connectivity index (χ1v) is 9.51. The number of tetrazole rings is 1. The highest BCUT2D eigenvalue weighted by Crippen LogP contribution is 2.24. The average Bonchev–Trinajstić information content (AvgIpc) is 3.16. The van der Waals surface area contributed by atoms with Gasteiger partial charge in [0.15, 0.2) is 0 Å². The lowest BCUT2D eigenvalue weighted by atomic mass is 10.1. The number of hydrogen-bond donors (Lipinski definition) is 1. The van der Waals surface area contributed by atoms with E-state index >= 15 is 0 Å². The van der Waals surface area contributed by atoms with Crippen LogP contribution in [0.15, 0.2) is 53.7 Å². The molecular formula is C19H20FN5O2S. The second-order valence-electron chi connectivity index (χ2n) is 6.11. The molecule has 0 aliphatic rings. The Balaban J connectivity index is 1.65. The van der Waals surface area contributed by atoms with Crippen LogP contribution in [0.5, 0.6) is 5.75 Å². The molecule has 0 fully saturated rings. The average molecular weight is 401 g/mol. The topological polar surface area (TPSA) is 81.9 Å². The van der Waals surface area contributed by atoms with E-state index in [-0.39, 0.29) is 17.8 Å². The van der Waals surface area contributed by atoms with Crippen molar-refractivity contribution in [1.29, 1.82) is 0 Å². The molecule has 146 valence electrons. The summed E-state index contributed by atoms with van der Waals surface area (Å²) in [6.07, 6.45) is 0. The van der Waals surface area contributed by atoms with E-state index in [9.17, 15) is 9.18 Å². The quantitative estimate of drug-likeness (QED) is 0.613. The molecule has 1 amide bonds. The summed E-state index contributed by atoms with van der Waals surface area (Å²) in [6, 6.07) is 13.1. The molecule has 1 N–H and O–H groups in total. The fraction of sp³-hybridized carbons (Fsp3) is 0.263. The van der Waals surface area contributed by atoms with Crippen molar-refractivity contribution < 1.29 is 13.9 Å². The van der Waals surface area contributed by atoms with Crippen molar-refractivity contribution >= 4 is 17.7 Å². The van der Waals surface area contributed by atoms with Crippen LogP contribution in [0.3, 0.4) is 0 Å². The van der Waals surface area contributed by atoms with E-state index in [0.29, 0.717) is 5.16 Å². The number of ether oxygens (including phenoxy) is 1. The number of nitrogens with one attached hydrogen (secondary N) is 1. The van der Waals surface area contributed by atoms with Gasteiger partial charge in [-0.3, -0.25) is 4.79 Å². The van der Waals surface area contributed by atoms with E-state index in [1.54, 1.807) is 30.8 Å². The molecule has 28 heavy (non-hydrogen) atoms. The van der Waals surface area contributed by atoms with E-state index in [2.05, 4.69) is 20.8 Å². The Morgan fingerprint density at radius 3 is 2.46 bits per heavy atom. The number of benzene rings is 2. The number of methoxy groups -OCH3 is 1. The van der Waals surface area contributed by atoms with Gasteiger partial charge in [0.2, 0.25) is 11.1 Å². The highest BCUT2D eigenvalue weighted by atomic mass is 32.2. The molecule has 1 heterocycles. The van der Waals surface area contributed by atoms with Gasteiger partial charge in [-0.25, -0.2) is 4.39 Å². The Bertz CT molecular complexity index is 930. The Hall–Kier alpha value is -2.94. The summed E-state index contributed by atoms with van der Waals surface area (Å²) in [6.45, 7) is 3.63. The zero-order valence-electron chi connectivity index (χ0n) is 15.7. The van der Waals surface area contributed by atoms with Crippen LogP contribution in [0.2, 0.25) is 0 Å². The van der Waals surface area contributed by atoms with Crippen LogP contribution in [-0.2, 0) is 4.79 Å². The number of rotatable bonds is 7. The van der Waals surface area contributed by atoms with Gasteiger partial charge in [-0.2, -0.15) is 4.68 Å². The molecule has 9 heteroatoms. The molecule has 2 atom stereocenters. The van der Waals surface area contributed by atoms with Gasteiger partial charge in [0.05, 0.1) is 24.1 Å². The van der Waals surface area contributed by atoms with Crippen LogP contribution in [-0.4, -0.2) is 38.5 Å². The van der Waals surface area contributed by atoms with Gasteiger partial charge >= 0.3 is 0 Å². The lowest BCUT2D eigenvalue weighted by molar-refractivity contribution is -0.120. The fourth-order valence-corrected chi connectivity index (χ4v) is 3.33. The number of hydrogen-bond acceptors (Lipinski definition) is 6. The second-order valence-corrected chi connectivity index (χ2v) is 7.42. The maximum absolute atomic E-state index is 13.1. The smallest absolute Gasteiger partial charge is 0.233 e. The van der Waals surface area contributed by atoms with Crippen LogP contribution in [0, 0.1) is 5.82 Å². The van der Waals surface area contributed by atoms with E-state index in [1.165, 1.54) is 23.9 Å². The summed E-state index contributed by atoms with van der Waals surface area (Å²) in [7, 11) is 1.60. The van der Waals surface area contributed by atoms with Gasteiger partial charge in [-0.1, -0.05) is 23.9 Å². The number of carbonyl (C=O) groups excluding carboxylic acids is 1. The van der Waals surface area contributed by atoms with Crippen molar-refractivity contribution in [3.8, 4) is 11.4 Å². The molecule has 0 spiro atoms. The van der Waals surface area contributed by atoms with E-state index in [1.807, 2.05) is 31.2 Å². The Kier molecular flexibility index (Phi) is 6.25. The van der Waals surface area contributed by atoms with Crippen molar-refractivity contribution in [3.63, 3.8) is 0 Å². The minimum atomic E-state index is -0.425. The maximum Gasteiger partial charge on any atom is 0.233 e. The van der Waals surface area contributed by atoms with E-state index < -0.39 is 5.25 Å². The molecule has 2 aromatic carbocycles. The Labute approximate surface area is 166 Å². The molecule has 0 bridgehead atoms. The summed E-state index contributed by atoms with van der Waals surface area (Å²) >= 11 is 1.25. The number of aromatic nitrogens is 4. The molecular weight excluding hydrogens is 381 g/mol. The van der Waals surface area contributed by atoms with E-state index in [0.717, 1.165) is 17.0 Å². The first-order valence-electron chi connectivity index (χ1n) is 8.63. The van der Waals surface area contributed by atoms with Gasteiger partial charge in [0.25, 0.3) is 0 Å². The molecule has 0 unspecified atom stereocenters. The predicted molar refractivity (Wildman–Crippen MR) is 104 cm³/mol. The highest BCUT2D eigenvalue weighted by Gasteiger charge is 2.21. The Morgan fingerprint density at radius 1 is 1.14 bits per heavy atom. The van der Waals surface area contributed by atoms with Crippen molar-refractivity contribution in [2.75, 3.05) is 7.11 Å². The normalized spacial score (nSPS) is 13.0. The SMILES string of the molecule is COc1ccc(-n2nnnc2S[C@H](C)C(=O)N[C@@H](C)c2ccc(F)cc2)cc1. The summed E-state index contributed by atoms with van der Waals surface area (Å²) in [5, 5.41) is 14.7. The monoisotopic (exact) mass is 401 g/mol. The minimum absolute atomic E-state index is 0.161. The van der Waals surface area contributed by atoms with Crippen LogP contribution in [0.4, 0.5) is 4.39 Å². The third-order valence-electron chi connectivity index (χ3n) is 4.14. The number of carbonyl (C=O) groups is 1. The zero-order valence-corrected chi connectivity index (χ0v) is 16.5. The van der Waals surface area contributed by atoms with Gasteiger partial charge in [-0.05, 0) is 66.2 Å². The van der Waals surface area contributed by atoms with Gasteiger partial charge in [0.1, 0.15) is 11.6 Å². The molecule has 0 aliphatic heterocycles. The summed E-state index contributed by atoms with van der Waals surface area (Å²) in [5.74, 6) is 0.260. The number of nitrogens with zero attached hydrogens (tertiary/aromatic N) is 4.